The van der Waals surface area contributed by atoms with Gasteiger partial charge in [0, 0.05) is 0 Å². The van der Waals surface area contributed by atoms with E-state index in [0.717, 1.165) is 17.3 Å². The normalized spacial score (nSPS) is 17.7. The first-order valence-electron chi connectivity index (χ1n) is 13.1. The van der Waals surface area contributed by atoms with Crippen molar-refractivity contribution < 1.29 is 0 Å². The third-order valence-electron chi connectivity index (χ3n) is 7.43. The lowest BCUT2D eigenvalue weighted by Gasteiger charge is -2.41. The van der Waals surface area contributed by atoms with Gasteiger partial charge in [-0.25, -0.2) is 0 Å². The van der Waals surface area contributed by atoms with Gasteiger partial charge in [0.2, 0.25) is 0 Å². The first-order valence-corrected chi connectivity index (χ1v) is 13.1. The van der Waals surface area contributed by atoms with Crippen molar-refractivity contribution in [3.8, 4) is 0 Å². The van der Waals surface area contributed by atoms with Crippen LogP contribution in [0.25, 0.3) is 0 Å². The van der Waals surface area contributed by atoms with Gasteiger partial charge in [0.25, 0.3) is 0 Å². The number of rotatable bonds is 17. The maximum Gasteiger partial charge on any atom is -0.0297 e. The SMILES string of the molecule is CCCCCCC1(CCCCCC)CCC(CCCCCCC(C)C)CC1. The molecular formula is C27H54. The highest BCUT2D eigenvalue weighted by Gasteiger charge is 2.33. The van der Waals surface area contributed by atoms with Crippen molar-refractivity contribution in [3.05, 3.63) is 0 Å². The molecule has 0 aromatic rings. The van der Waals surface area contributed by atoms with E-state index in [4.69, 9.17) is 0 Å². The molecule has 0 spiro atoms. The molecule has 0 aromatic carbocycles. The predicted octanol–water partition coefficient (Wildman–Crippen LogP) is 10.1. The van der Waals surface area contributed by atoms with Crippen LogP contribution in [0.2, 0.25) is 0 Å². The molecule has 1 aliphatic rings. The lowest BCUT2D eigenvalue weighted by atomic mass is 9.64. The Bertz CT molecular complexity index is 294. The van der Waals surface area contributed by atoms with E-state index >= 15 is 0 Å². The zero-order valence-electron chi connectivity index (χ0n) is 19.8. The van der Waals surface area contributed by atoms with Crippen LogP contribution in [0.4, 0.5) is 0 Å². The second-order valence-corrected chi connectivity index (χ2v) is 10.5. The van der Waals surface area contributed by atoms with Crippen molar-refractivity contribution in [3.63, 3.8) is 0 Å². The van der Waals surface area contributed by atoms with Gasteiger partial charge < -0.3 is 0 Å². The van der Waals surface area contributed by atoms with E-state index in [1.165, 1.54) is 89.9 Å². The predicted molar refractivity (Wildman–Crippen MR) is 124 cm³/mol. The molecule has 1 fully saturated rings. The summed E-state index contributed by atoms with van der Waals surface area (Å²) < 4.78 is 0. The third kappa shape index (κ3) is 12.2. The molecule has 1 aliphatic carbocycles. The summed E-state index contributed by atoms with van der Waals surface area (Å²) in [5, 5.41) is 0. The molecular weight excluding hydrogens is 324 g/mol. The summed E-state index contributed by atoms with van der Waals surface area (Å²) in [5.74, 6) is 1.96. The molecule has 0 nitrogen and oxygen atoms in total. The summed E-state index contributed by atoms with van der Waals surface area (Å²) in [6, 6.07) is 0. The minimum atomic E-state index is 0.745. The van der Waals surface area contributed by atoms with Crippen molar-refractivity contribution in [2.75, 3.05) is 0 Å². The molecule has 0 bridgehead atoms. The van der Waals surface area contributed by atoms with E-state index in [0.29, 0.717) is 0 Å². The molecule has 0 heteroatoms. The quantitative estimate of drug-likeness (QED) is 0.221. The Kier molecular flexibility index (Phi) is 14.7. The molecule has 0 aliphatic heterocycles. The van der Waals surface area contributed by atoms with E-state index in [1.54, 1.807) is 38.5 Å². The highest BCUT2D eigenvalue weighted by Crippen LogP contribution is 2.47. The van der Waals surface area contributed by atoms with Gasteiger partial charge in [0.15, 0.2) is 0 Å². The Morgan fingerprint density at radius 3 is 1.70 bits per heavy atom. The van der Waals surface area contributed by atoms with E-state index in [1.807, 2.05) is 0 Å². The molecule has 0 aromatic heterocycles. The summed E-state index contributed by atoms with van der Waals surface area (Å²) in [6.07, 6.45) is 29.8. The van der Waals surface area contributed by atoms with Crippen LogP contribution in [0.1, 0.15) is 156 Å². The van der Waals surface area contributed by atoms with Crippen LogP contribution in [0, 0.1) is 17.3 Å². The van der Waals surface area contributed by atoms with Gasteiger partial charge in [-0.05, 0) is 55.8 Å². The van der Waals surface area contributed by atoms with Crippen LogP contribution in [-0.2, 0) is 0 Å². The fraction of sp³-hybridized carbons (Fsp3) is 1.00. The molecule has 27 heavy (non-hydrogen) atoms. The zero-order valence-corrected chi connectivity index (χ0v) is 19.8. The highest BCUT2D eigenvalue weighted by molar-refractivity contribution is 4.86. The standard InChI is InChI=1S/C27H54/c1-5-7-9-15-21-27(22-16-10-8-6-2)23-19-26(20-24-27)18-14-12-11-13-17-25(3)4/h25-26H,5-24H2,1-4H3. The van der Waals surface area contributed by atoms with E-state index in [9.17, 15) is 0 Å². The Morgan fingerprint density at radius 1 is 0.667 bits per heavy atom. The average molecular weight is 379 g/mol. The fourth-order valence-corrected chi connectivity index (χ4v) is 5.40. The monoisotopic (exact) mass is 378 g/mol. The van der Waals surface area contributed by atoms with Crippen LogP contribution in [0.3, 0.4) is 0 Å². The third-order valence-corrected chi connectivity index (χ3v) is 7.43. The molecule has 0 atom stereocenters. The molecule has 0 radical (unpaired) electrons. The molecule has 0 heterocycles. The number of unbranched alkanes of at least 4 members (excludes halogenated alkanes) is 9. The molecule has 0 saturated heterocycles. The van der Waals surface area contributed by atoms with Crippen LogP contribution in [0.15, 0.2) is 0 Å². The van der Waals surface area contributed by atoms with Crippen LogP contribution in [-0.4, -0.2) is 0 Å². The van der Waals surface area contributed by atoms with Crippen LogP contribution >= 0.6 is 0 Å². The molecule has 1 rings (SSSR count). The Labute approximate surface area is 173 Å². The maximum atomic E-state index is 2.36. The summed E-state index contributed by atoms with van der Waals surface area (Å²) in [7, 11) is 0. The van der Waals surface area contributed by atoms with Crippen molar-refractivity contribution in [1.82, 2.24) is 0 Å². The summed E-state index contributed by atoms with van der Waals surface area (Å²) in [4.78, 5) is 0. The van der Waals surface area contributed by atoms with E-state index in [2.05, 4.69) is 27.7 Å². The second kappa shape index (κ2) is 15.9. The van der Waals surface area contributed by atoms with Gasteiger partial charge in [-0.2, -0.15) is 0 Å². The van der Waals surface area contributed by atoms with E-state index in [-0.39, 0.29) is 0 Å². The molecule has 0 N–H and O–H groups in total. The minimum Gasteiger partial charge on any atom is -0.0654 e. The van der Waals surface area contributed by atoms with Crippen molar-refractivity contribution in [1.29, 1.82) is 0 Å². The first-order chi connectivity index (χ1) is 13.1. The zero-order chi connectivity index (χ0) is 19.8. The number of hydrogen-bond acceptors (Lipinski definition) is 0. The van der Waals surface area contributed by atoms with Crippen molar-refractivity contribution in [2.45, 2.75) is 156 Å². The van der Waals surface area contributed by atoms with Gasteiger partial charge in [0.05, 0.1) is 0 Å². The fourth-order valence-electron chi connectivity index (χ4n) is 5.40. The minimum absolute atomic E-state index is 0.745. The maximum absolute atomic E-state index is 2.36. The highest BCUT2D eigenvalue weighted by atomic mass is 14.4. The Morgan fingerprint density at radius 2 is 1.19 bits per heavy atom. The second-order valence-electron chi connectivity index (χ2n) is 10.5. The van der Waals surface area contributed by atoms with Gasteiger partial charge >= 0.3 is 0 Å². The lowest BCUT2D eigenvalue weighted by Crippen LogP contribution is -2.28. The van der Waals surface area contributed by atoms with Crippen LogP contribution < -0.4 is 0 Å². The molecule has 162 valence electrons. The number of hydrogen-bond donors (Lipinski definition) is 0. The topological polar surface area (TPSA) is 0 Å². The summed E-state index contributed by atoms with van der Waals surface area (Å²) in [6.45, 7) is 9.40. The van der Waals surface area contributed by atoms with Crippen molar-refractivity contribution in [2.24, 2.45) is 17.3 Å². The van der Waals surface area contributed by atoms with Gasteiger partial charge in [-0.1, -0.05) is 118 Å². The first kappa shape index (κ1) is 25.0. The Hall–Kier alpha value is 0. The molecule has 0 amide bonds. The summed E-state index contributed by atoms with van der Waals surface area (Å²) in [5.41, 5.74) is 0.745. The van der Waals surface area contributed by atoms with Crippen molar-refractivity contribution >= 4 is 0 Å². The largest absolute Gasteiger partial charge is 0.0654 e. The summed E-state index contributed by atoms with van der Waals surface area (Å²) >= 11 is 0. The smallest absolute Gasteiger partial charge is 0.0297 e. The molecule has 0 unspecified atom stereocenters. The molecule has 1 saturated carbocycles. The van der Waals surface area contributed by atoms with Gasteiger partial charge in [-0.15, -0.1) is 0 Å². The van der Waals surface area contributed by atoms with E-state index < -0.39 is 0 Å². The van der Waals surface area contributed by atoms with Gasteiger partial charge in [0.1, 0.15) is 0 Å². The Balaban J connectivity index is 2.26. The van der Waals surface area contributed by atoms with Crippen LogP contribution in [0.5, 0.6) is 0 Å². The van der Waals surface area contributed by atoms with Gasteiger partial charge in [-0.3, -0.25) is 0 Å². The average Bonchev–Trinajstić information content (AvgIpc) is 2.66. The lowest BCUT2D eigenvalue weighted by molar-refractivity contribution is 0.111.